The van der Waals surface area contributed by atoms with E-state index in [-0.39, 0.29) is 23.6 Å². The highest BCUT2D eigenvalue weighted by Crippen LogP contribution is 2.19. The third kappa shape index (κ3) is 5.74. The summed E-state index contributed by atoms with van der Waals surface area (Å²) in [5, 5.41) is 2.50. The summed E-state index contributed by atoms with van der Waals surface area (Å²) < 4.78 is 32.7. The summed E-state index contributed by atoms with van der Waals surface area (Å²) in [7, 11) is -3.85. The van der Waals surface area contributed by atoms with Crippen LogP contribution < -0.4 is 15.8 Å². The van der Waals surface area contributed by atoms with Crippen molar-refractivity contribution < 1.29 is 22.7 Å². The van der Waals surface area contributed by atoms with Crippen molar-refractivity contribution in [2.45, 2.75) is 4.90 Å². The molecule has 4 N–H and O–H groups in total. The van der Waals surface area contributed by atoms with E-state index in [1.165, 1.54) is 24.3 Å². The molecule has 0 aliphatic heterocycles. The van der Waals surface area contributed by atoms with E-state index in [0.29, 0.717) is 5.69 Å². The van der Waals surface area contributed by atoms with Crippen LogP contribution in [0.1, 0.15) is 10.4 Å². The van der Waals surface area contributed by atoms with Gasteiger partial charge in [-0.1, -0.05) is 22.0 Å². The highest BCUT2D eigenvalue weighted by atomic mass is 79.9. The fourth-order valence-corrected chi connectivity index (χ4v) is 3.32. The number of amides is 2. The molecule has 8 nitrogen and oxygen atoms in total. The largest absolute Gasteiger partial charge is 0.448 e. The van der Waals surface area contributed by atoms with Crippen molar-refractivity contribution in [1.29, 1.82) is 0 Å². The van der Waals surface area contributed by atoms with E-state index in [9.17, 15) is 18.0 Å². The summed E-state index contributed by atoms with van der Waals surface area (Å²) in [5.41, 5.74) is 5.36. The van der Waals surface area contributed by atoms with Gasteiger partial charge in [0, 0.05) is 15.7 Å². The summed E-state index contributed by atoms with van der Waals surface area (Å²) in [4.78, 5) is 22.5. The molecular weight excluding hydrogens is 426 g/mol. The van der Waals surface area contributed by atoms with E-state index in [4.69, 9.17) is 5.73 Å². The number of halogens is 1. The number of benzene rings is 2. The lowest BCUT2D eigenvalue weighted by Crippen LogP contribution is -2.29. The van der Waals surface area contributed by atoms with Gasteiger partial charge < -0.3 is 15.8 Å². The molecule has 10 heteroatoms. The van der Waals surface area contributed by atoms with Crippen molar-refractivity contribution >= 4 is 43.6 Å². The van der Waals surface area contributed by atoms with Crippen molar-refractivity contribution in [2.24, 2.45) is 5.73 Å². The molecule has 0 aliphatic rings. The molecule has 2 aromatic rings. The highest BCUT2D eigenvalue weighted by molar-refractivity contribution is 9.10. The van der Waals surface area contributed by atoms with E-state index in [1.807, 2.05) is 0 Å². The van der Waals surface area contributed by atoms with Gasteiger partial charge in [0.2, 0.25) is 0 Å². The molecule has 0 unspecified atom stereocenters. The summed E-state index contributed by atoms with van der Waals surface area (Å²) in [6, 6.07) is 12.2. The van der Waals surface area contributed by atoms with Gasteiger partial charge in [-0.05, 0) is 42.5 Å². The summed E-state index contributed by atoms with van der Waals surface area (Å²) in [6.45, 7) is -0.0277. The lowest BCUT2D eigenvalue weighted by molar-refractivity contribution is 0.0936. The molecule has 0 bridgehead atoms. The first kappa shape index (κ1) is 19.7. The van der Waals surface area contributed by atoms with Crippen molar-refractivity contribution in [2.75, 3.05) is 17.9 Å². The van der Waals surface area contributed by atoms with Gasteiger partial charge in [0.05, 0.1) is 11.4 Å². The third-order valence-corrected chi connectivity index (χ3v) is 5.04. The fourth-order valence-electron chi connectivity index (χ4n) is 1.95. The van der Waals surface area contributed by atoms with Crippen LogP contribution in [0.5, 0.6) is 0 Å². The molecule has 2 rings (SSSR count). The molecule has 138 valence electrons. The minimum absolute atomic E-state index is 0.0515. The van der Waals surface area contributed by atoms with Crippen LogP contribution >= 0.6 is 15.9 Å². The van der Waals surface area contributed by atoms with E-state index in [0.717, 1.165) is 4.47 Å². The Morgan fingerprint density at radius 3 is 2.46 bits per heavy atom. The Labute approximate surface area is 158 Å². The average molecular weight is 442 g/mol. The Morgan fingerprint density at radius 2 is 1.81 bits per heavy atom. The number of carbonyl (C=O) groups excluding carboxylic acids is 2. The molecule has 0 radical (unpaired) electrons. The maximum Gasteiger partial charge on any atom is 0.404 e. The van der Waals surface area contributed by atoms with E-state index in [1.54, 1.807) is 24.3 Å². The molecule has 0 spiro atoms. The number of hydrogen-bond acceptors (Lipinski definition) is 5. The van der Waals surface area contributed by atoms with Crippen LogP contribution in [0.2, 0.25) is 0 Å². The van der Waals surface area contributed by atoms with Crippen LogP contribution in [0.15, 0.2) is 57.9 Å². The number of ether oxygens (including phenoxy) is 1. The zero-order valence-electron chi connectivity index (χ0n) is 13.4. The maximum atomic E-state index is 12.5. The molecular formula is C16H16BrN3O5S. The fraction of sp³-hybridized carbons (Fsp3) is 0.125. The standard InChI is InChI=1S/C16H16BrN3O5S/c17-12-4-6-13(7-5-12)20-26(23,24)14-3-1-2-11(10-14)15(21)19-8-9-25-16(18)22/h1-7,10,20H,8-9H2,(H2,18,22)(H,19,21). The van der Waals surface area contributed by atoms with Crippen molar-refractivity contribution in [1.82, 2.24) is 5.32 Å². The first-order valence-corrected chi connectivity index (χ1v) is 9.64. The average Bonchev–Trinajstić information content (AvgIpc) is 2.60. The van der Waals surface area contributed by atoms with Crippen LogP contribution in [0, 0.1) is 0 Å². The molecule has 0 aliphatic carbocycles. The Hall–Kier alpha value is -2.59. The van der Waals surface area contributed by atoms with E-state index in [2.05, 4.69) is 30.7 Å². The van der Waals surface area contributed by atoms with Gasteiger partial charge in [-0.15, -0.1) is 0 Å². The Balaban J connectivity index is 2.08. The van der Waals surface area contributed by atoms with Crippen LogP contribution in [-0.4, -0.2) is 33.6 Å². The van der Waals surface area contributed by atoms with Crippen LogP contribution in [0.4, 0.5) is 10.5 Å². The van der Waals surface area contributed by atoms with Crippen LogP contribution in [0.25, 0.3) is 0 Å². The smallest absolute Gasteiger partial charge is 0.404 e. The first-order valence-electron chi connectivity index (χ1n) is 7.37. The Bertz CT molecular complexity index is 900. The second-order valence-electron chi connectivity index (χ2n) is 5.06. The predicted molar refractivity (Wildman–Crippen MR) is 99.3 cm³/mol. The molecule has 2 amide bonds. The number of sulfonamides is 1. The molecule has 0 saturated carbocycles. The number of carbonyl (C=O) groups is 2. The maximum absolute atomic E-state index is 12.5. The van der Waals surface area contributed by atoms with E-state index >= 15 is 0 Å². The topological polar surface area (TPSA) is 128 Å². The summed E-state index contributed by atoms with van der Waals surface area (Å²) in [5.74, 6) is -0.501. The second-order valence-corrected chi connectivity index (χ2v) is 7.66. The molecule has 0 atom stereocenters. The summed E-state index contributed by atoms with van der Waals surface area (Å²) in [6.07, 6.45) is -0.939. The lowest BCUT2D eigenvalue weighted by atomic mass is 10.2. The zero-order chi connectivity index (χ0) is 19.2. The molecule has 0 fully saturated rings. The molecule has 0 aromatic heterocycles. The SMILES string of the molecule is NC(=O)OCCNC(=O)c1cccc(S(=O)(=O)Nc2ccc(Br)cc2)c1. The zero-order valence-corrected chi connectivity index (χ0v) is 15.8. The molecule has 0 saturated heterocycles. The van der Waals surface area contributed by atoms with Gasteiger partial charge in [0.25, 0.3) is 15.9 Å². The number of rotatable bonds is 7. The van der Waals surface area contributed by atoms with Gasteiger partial charge in [-0.2, -0.15) is 0 Å². The van der Waals surface area contributed by atoms with Crippen LogP contribution in [0.3, 0.4) is 0 Å². The molecule has 0 heterocycles. The van der Waals surface area contributed by atoms with Gasteiger partial charge >= 0.3 is 6.09 Å². The van der Waals surface area contributed by atoms with Crippen molar-refractivity contribution in [3.8, 4) is 0 Å². The number of nitrogens with one attached hydrogen (secondary N) is 2. The van der Waals surface area contributed by atoms with Gasteiger partial charge in [-0.25, -0.2) is 13.2 Å². The number of anilines is 1. The number of nitrogens with two attached hydrogens (primary N) is 1. The minimum Gasteiger partial charge on any atom is -0.448 e. The lowest BCUT2D eigenvalue weighted by Gasteiger charge is -2.10. The second kappa shape index (κ2) is 8.68. The quantitative estimate of drug-likeness (QED) is 0.566. The third-order valence-electron chi connectivity index (χ3n) is 3.13. The predicted octanol–water partition coefficient (Wildman–Crippen LogP) is 2.08. The monoisotopic (exact) mass is 441 g/mol. The number of hydrogen-bond donors (Lipinski definition) is 3. The minimum atomic E-state index is -3.85. The summed E-state index contributed by atoms with van der Waals surface area (Å²) >= 11 is 3.27. The van der Waals surface area contributed by atoms with Gasteiger partial charge in [-0.3, -0.25) is 9.52 Å². The van der Waals surface area contributed by atoms with Crippen molar-refractivity contribution in [3.63, 3.8) is 0 Å². The normalized spacial score (nSPS) is 10.8. The molecule has 2 aromatic carbocycles. The molecule has 26 heavy (non-hydrogen) atoms. The van der Waals surface area contributed by atoms with Crippen molar-refractivity contribution in [3.05, 3.63) is 58.6 Å². The van der Waals surface area contributed by atoms with Gasteiger partial charge in [0.15, 0.2) is 0 Å². The van der Waals surface area contributed by atoms with E-state index < -0.39 is 22.0 Å². The van der Waals surface area contributed by atoms with Gasteiger partial charge in [0.1, 0.15) is 6.61 Å². The van der Waals surface area contributed by atoms with Crippen LogP contribution in [-0.2, 0) is 14.8 Å². The Morgan fingerprint density at radius 1 is 1.12 bits per heavy atom. The Kier molecular flexibility index (Phi) is 6.58. The highest BCUT2D eigenvalue weighted by Gasteiger charge is 2.16. The first-order chi connectivity index (χ1) is 12.3. The number of primary amides is 1.